The number of carbonyl (C=O) groups is 1. The first-order chi connectivity index (χ1) is 15.2. The predicted molar refractivity (Wildman–Crippen MR) is 117 cm³/mol. The summed E-state index contributed by atoms with van der Waals surface area (Å²) in [6.45, 7) is -0.493. The van der Waals surface area contributed by atoms with Gasteiger partial charge >= 0.3 is 6.18 Å². The summed E-state index contributed by atoms with van der Waals surface area (Å²) in [6, 6.07) is 18.9. The van der Waals surface area contributed by atoms with Crippen LogP contribution in [0.2, 0.25) is 5.02 Å². The number of rotatable bonds is 4. The molecule has 1 amide bonds. The van der Waals surface area contributed by atoms with Crippen LogP contribution in [0, 0.1) is 0 Å². The third-order valence-corrected chi connectivity index (χ3v) is 5.10. The van der Waals surface area contributed by atoms with Crippen LogP contribution >= 0.6 is 11.6 Å². The van der Waals surface area contributed by atoms with Crippen LogP contribution in [-0.4, -0.2) is 15.7 Å². The van der Waals surface area contributed by atoms with Crippen molar-refractivity contribution >= 4 is 34.0 Å². The highest BCUT2D eigenvalue weighted by Gasteiger charge is 2.31. The van der Waals surface area contributed by atoms with Crippen LogP contribution in [0.3, 0.4) is 0 Å². The Balaban J connectivity index is 1.58. The Bertz CT molecular complexity index is 1380. The molecule has 3 aromatic carbocycles. The first-order valence-corrected chi connectivity index (χ1v) is 9.82. The average Bonchev–Trinajstić information content (AvgIpc) is 2.75. The summed E-state index contributed by atoms with van der Waals surface area (Å²) in [5.41, 5.74) is -0.463. The molecule has 0 fully saturated rings. The fourth-order valence-electron chi connectivity index (χ4n) is 3.19. The fourth-order valence-corrected chi connectivity index (χ4v) is 3.35. The van der Waals surface area contributed by atoms with Gasteiger partial charge < -0.3 is 5.32 Å². The van der Waals surface area contributed by atoms with Crippen LogP contribution < -0.4 is 10.9 Å². The zero-order valence-corrected chi connectivity index (χ0v) is 17.1. The van der Waals surface area contributed by atoms with Gasteiger partial charge in [-0.3, -0.25) is 9.59 Å². The number of alkyl halides is 3. The van der Waals surface area contributed by atoms with Gasteiger partial charge in [-0.2, -0.15) is 18.3 Å². The van der Waals surface area contributed by atoms with Crippen LogP contribution in [0.5, 0.6) is 0 Å². The summed E-state index contributed by atoms with van der Waals surface area (Å²) in [6.07, 6.45) is -4.59. The van der Waals surface area contributed by atoms with E-state index >= 15 is 0 Å². The zero-order chi connectivity index (χ0) is 22.9. The number of aromatic nitrogens is 2. The van der Waals surface area contributed by atoms with E-state index in [1.807, 2.05) is 42.5 Å². The molecule has 4 aromatic rings. The smallest absolute Gasteiger partial charge is 0.323 e. The lowest BCUT2D eigenvalue weighted by Gasteiger charge is -2.12. The van der Waals surface area contributed by atoms with E-state index in [2.05, 4.69) is 10.4 Å². The van der Waals surface area contributed by atoms with Crippen molar-refractivity contribution in [2.24, 2.45) is 0 Å². The quantitative estimate of drug-likeness (QED) is 0.448. The lowest BCUT2D eigenvalue weighted by molar-refractivity contribution is -0.137. The Hall–Kier alpha value is -3.65. The molecule has 0 saturated heterocycles. The van der Waals surface area contributed by atoms with E-state index < -0.39 is 29.8 Å². The number of hydrogen-bond donors (Lipinski definition) is 1. The summed E-state index contributed by atoms with van der Waals surface area (Å²) in [7, 11) is 0. The van der Waals surface area contributed by atoms with E-state index in [0.29, 0.717) is 5.69 Å². The minimum absolute atomic E-state index is 0.0587. The Morgan fingerprint density at radius 2 is 1.72 bits per heavy atom. The molecule has 0 aliphatic heterocycles. The van der Waals surface area contributed by atoms with Crippen LogP contribution in [0.25, 0.3) is 22.0 Å². The van der Waals surface area contributed by atoms with Gasteiger partial charge in [0.2, 0.25) is 5.91 Å². The number of nitrogens with zero attached hydrogens (tertiary/aromatic N) is 2. The minimum Gasteiger partial charge on any atom is -0.323 e. The Kier molecular flexibility index (Phi) is 5.71. The van der Waals surface area contributed by atoms with Gasteiger partial charge in [0.15, 0.2) is 0 Å². The van der Waals surface area contributed by atoms with Crippen molar-refractivity contribution < 1.29 is 18.0 Å². The van der Waals surface area contributed by atoms with E-state index in [-0.39, 0.29) is 10.7 Å². The molecule has 1 N–H and O–H groups in total. The van der Waals surface area contributed by atoms with E-state index in [1.54, 1.807) is 6.07 Å². The van der Waals surface area contributed by atoms with Crippen molar-refractivity contribution in [1.29, 1.82) is 0 Å². The lowest BCUT2D eigenvalue weighted by Crippen LogP contribution is -2.29. The molecule has 9 heteroatoms. The van der Waals surface area contributed by atoms with Crippen molar-refractivity contribution in [3.05, 3.63) is 93.7 Å². The molecule has 5 nitrogen and oxygen atoms in total. The van der Waals surface area contributed by atoms with Crippen LogP contribution in [0.1, 0.15) is 5.56 Å². The first kappa shape index (κ1) is 21.6. The molecule has 32 heavy (non-hydrogen) atoms. The third kappa shape index (κ3) is 4.65. The highest BCUT2D eigenvalue weighted by atomic mass is 35.5. The van der Waals surface area contributed by atoms with Gasteiger partial charge in [-0.25, -0.2) is 4.68 Å². The highest BCUT2D eigenvalue weighted by molar-refractivity contribution is 6.33. The maximum atomic E-state index is 12.9. The van der Waals surface area contributed by atoms with Crippen molar-refractivity contribution in [1.82, 2.24) is 9.78 Å². The number of hydrogen-bond acceptors (Lipinski definition) is 3. The summed E-state index contributed by atoms with van der Waals surface area (Å²) in [4.78, 5) is 24.6. The summed E-state index contributed by atoms with van der Waals surface area (Å²) in [5.74, 6) is -0.739. The summed E-state index contributed by atoms with van der Waals surface area (Å²) < 4.78 is 39.7. The molecule has 0 aliphatic carbocycles. The van der Waals surface area contributed by atoms with E-state index in [1.165, 1.54) is 6.07 Å². The molecule has 0 atom stereocenters. The van der Waals surface area contributed by atoms with Crippen LogP contribution in [0.15, 0.2) is 77.6 Å². The van der Waals surface area contributed by atoms with Gasteiger partial charge in [0.1, 0.15) is 6.54 Å². The minimum atomic E-state index is -4.59. The van der Waals surface area contributed by atoms with Gasteiger partial charge in [0.25, 0.3) is 5.56 Å². The Labute approximate surface area is 185 Å². The highest BCUT2D eigenvalue weighted by Crippen LogP contribution is 2.33. The number of benzene rings is 3. The molecular weight excluding hydrogens is 443 g/mol. The fraction of sp³-hybridized carbons (Fsp3) is 0.0870. The maximum Gasteiger partial charge on any atom is 0.416 e. The number of anilines is 1. The molecule has 1 aromatic heterocycles. The molecule has 1 heterocycles. The Morgan fingerprint density at radius 1 is 0.969 bits per heavy atom. The van der Waals surface area contributed by atoms with Gasteiger partial charge in [-0.05, 0) is 41.1 Å². The van der Waals surface area contributed by atoms with Crippen molar-refractivity contribution in [3.8, 4) is 11.3 Å². The second-order valence-electron chi connectivity index (χ2n) is 7.02. The average molecular weight is 458 g/mol. The number of halogens is 4. The largest absolute Gasteiger partial charge is 0.416 e. The van der Waals surface area contributed by atoms with Gasteiger partial charge in [-0.1, -0.05) is 48.0 Å². The normalized spacial score (nSPS) is 11.5. The van der Waals surface area contributed by atoms with E-state index in [4.69, 9.17) is 11.6 Å². The van der Waals surface area contributed by atoms with Crippen LogP contribution in [-0.2, 0) is 17.5 Å². The lowest BCUT2D eigenvalue weighted by atomic mass is 10.1. The van der Waals surface area contributed by atoms with Gasteiger partial charge in [0.05, 0.1) is 22.0 Å². The van der Waals surface area contributed by atoms with Crippen molar-refractivity contribution in [3.63, 3.8) is 0 Å². The molecule has 0 unspecified atom stereocenters. The maximum absolute atomic E-state index is 12.9. The SMILES string of the molecule is O=C(Cn1nc(-c2ccc3ccccc3c2)ccc1=O)Nc1cc(C(F)(F)F)ccc1Cl. The molecule has 0 saturated carbocycles. The topological polar surface area (TPSA) is 64.0 Å². The number of amides is 1. The Morgan fingerprint density at radius 3 is 2.47 bits per heavy atom. The molecule has 0 bridgehead atoms. The number of carbonyl (C=O) groups excluding carboxylic acids is 1. The summed E-state index contributed by atoms with van der Waals surface area (Å²) >= 11 is 5.91. The molecule has 162 valence electrons. The molecule has 0 radical (unpaired) electrons. The van der Waals surface area contributed by atoms with Gasteiger partial charge in [0, 0.05) is 11.6 Å². The van der Waals surface area contributed by atoms with Crippen molar-refractivity contribution in [2.45, 2.75) is 12.7 Å². The number of nitrogens with one attached hydrogen (secondary N) is 1. The van der Waals surface area contributed by atoms with Gasteiger partial charge in [-0.15, -0.1) is 0 Å². The molecule has 0 aliphatic rings. The van der Waals surface area contributed by atoms with Crippen molar-refractivity contribution in [2.75, 3.05) is 5.32 Å². The zero-order valence-electron chi connectivity index (χ0n) is 16.4. The second kappa shape index (κ2) is 8.47. The summed E-state index contributed by atoms with van der Waals surface area (Å²) in [5, 5.41) is 8.52. The molecular formula is C23H15ClF3N3O2. The standard InChI is InChI=1S/C23H15ClF3N3O2/c24-18-8-7-17(23(25,26)27)12-20(18)28-21(31)13-30-22(32)10-9-19(29-30)16-6-5-14-3-1-2-4-15(14)11-16/h1-12H,13H2,(H,28,31). The first-order valence-electron chi connectivity index (χ1n) is 9.45. The van der Waals surface area contributed by atoms with Crippen LogP contribution in [0.4, 0.5) is 18.9 Å². The molecule has 0 spiro atoms. The van der Waals surface area contributed by atoms with E-state index in [9.17, 15) is 22.8 Å². The number of fused-ring (bicyclic) bond motifs is 1. The predicted octanol–water partition coefficient (Wildman–Crippen LogP) is 5.37. The second-order valence-corrected chi connectivity index (χ2v) is 7.42. The monoisotopic (exact) mass is 457 g/mol. The van der Waals surface area contributed by atoms with E-state index in [0.717, 1.165) is 39.2 Å². The molecule has 4 rings (SSSR count). The third-order valence-electron chi connectivity index (χ3n) is 4.77.